The van der Waals surface area contributed by atoms with E-state index in [9.17, 15) is 0 Å². The van der Waals surface area contributed by atoms with Gasteiger partial charge in [-0.3, -0.25) is 0 Å². The first-order valence-corrected chi connectivity index (χ1v) is 7.04. The number of hydrogen-bond acceptors (Lipinski definition) is 5. The van der Waals surface area contributed by atoms with E-state index in [0.29, 0.717) is 12.1 Å². The van der Waals surface area contributed by atoms with Crippen LogP contribution in [0.25, 0.3) is 0 Å². The molecule has 96 valence electrons. The van der Waals surface area contributed by atoms with E-state index < -0.39 is 0 Å². The molecule has 0 aromatic carbocycles. The van der Waals surface area contributed by atoms with Crippen molar-refractivity contribution in [1.29, 1.82) is 0 Å². The first kappa shape index (κ1) is 13.0. The molecule has 0 amide bonds. The second-order valence-corrected chi connectivity index (χ2v) is 5.48. The Balaban J connectivity index is 1.57. The first-order valence-electron chi connectivity index (χ1n) is 6.16. The van der Waals surface area contributed by atoms with Crippen LogP contribution in [0.5, 0.6) is 0 Å². The van der Waals surface area contributed by atoms with Gasteiger partial charge in [0.25, 0.3) is 0 Å². The van der Waals surface area contributed by atoms with Crippen LogP contribution in [0, 0.1) is 6.92 Å². The summed E-state index contributed by atoms with van der Waals surface area (Å²) in [6, 6.07) is 0.554. The standard InChI is InChI=1S/C12H21N3OS/c1-9-8-17-12(15-9)3-4-13-6-10-5-11(16-2)7-14-10/h8,10-11,13-14H,3-7H2,1-2H3. The predicted octanol–water partition coefficient (Wildman–Crippen LogP) is 0.961. The summed E-state index contributed by atoms with van der Waals surface area (Å²) in [5.41, 5.74) is 1.13. The molecule has 1 aromatic rings. The average molecular weight is 255 g/mol. The van der Waals surface area contributed by atoms with Crippen LogP contribution >= 0.6 is 11.3 Å². The van der Waals surface area contributed by atoms with Crippen molar-refractivity contribution in [3.8, 4) is 0 Å². The van der Waals surface area contributed by atoms with Crippen LogP contribution in [0.15, 0.2) is 5.38 Å². The van der Waals surface area contributed by atoms with Crippen molar-refractivity contribution in [3.63, 3.8) is 0 Å². The molecule has 2 unspecified atom stereocenters. The Hall–Kier alpha value is -0.490. The zero-order valence-electron chi connectivity index (χ0n) is 10.5. The highest BCUT2D eigenvalue weighted by atomic mass is 32.1. The fourth-order valence-electron chi connectivity index (χ4n) is 2.11. The van der Waals surface area contributed by atoms with Gasteiger partial charge < -0.3 is 15.4 Å². The Morgan fingerprint density at radius 2 is 2.53 bits per heavy atom. The summed E-state index contributed by atoms with van der Waals surface area (Å²) in [6.45, 7) is 5.04. The van der Waals surface area contributed by atoms with Crippen LogP contribution in [0.1, 0.15) is 17.1 Å². The van der Waals surface area contributed by atoms with Gasteiger partial charge in [-0.15, -0.1) is 11.3 Å². The third-order valence-corrected chi connectivity index (χ3v) is 4.11. The van der Waals surface area contributed by atoms with Crippen LogP contribution < -0.4 is 10.6 Å². The minimum atomic E-state index is 0.392. The summed E-state index contributed by atoms with van der Waals surface area (Å²) in [4.78, 5) is 4.45. The number of hydrogen-bond donors (Lipinski definition) is 2. The number of aromatic nitrogens is 1. The summed E-state index contributed by atoms with van der Waals surface area (Å²) < 4.78 is 5.32. The molecule has 2 heterocycles. The van der Waals surface area contributed by atoms with Gasteiger partial charge in [-0.05, 0) is 13.3 Å². The highest BCUT2D eigenvalue weighted by Crippen LogP contribution is 2.10. The summed E-state index contributed by atoms with van der Waals surface area (Å²) in [7, 11) is 1.78. The maximum absolute atomic E-state index is 5.32. The van der Waals surface area contributed by atoms with Crippen molar-refractivity contribution >= 4 is 11.3 Å². The molecule has 0 spiro atoms. The Kier molecular flexibility index (Phi) is 4.91. The van der Waals surface area contributed by atoms with Gasteiger partial charge in [0, 0.05) is 50.3 Å². The van der Waals surface area contributed by atoms with Gasteiger partial charge in [0.1, 0.15) is 0 Å². The minimum absolute atomic E-state index is 0.392. The van der Waals surface area contributed by atoms with Crippen LogP contribution in [-0.2, 0) is 11.2 Å². The second-order valence-electron chi connectivity index (χ2n) is 4.54. The number of nitrogens with one attached hydrogen (secondary N) is 2. The third-order valence-electron chi connectivity index (χ3n) is 3.09. The highest BCUT2D eigenvalue weighted by molar-refractivity contribution is 7.09. The van der Waals surface area contributed by atoms with E-state index in [0.717, 1.165) is 38.2 Å². The van der Waals surface area contributed by atoms with E-state index in [1.165, 1.54) is 5.01 Å². The van der Waals surface area contributed by atoms with Gasteiger partial charge in [0.05, 0.1) is 11.1 Å². The van der Waals surface area contributed by atoms with Crippen molar-refractivity contribution in [2.75, 3.05) is 26.7 Å². The monoisotopic (exact) mass is 255 g/mol. The van der Waals surface area contributed by atoms with Crippen LogP contribution in [-0.4, -0.2) is 43.9 Å². The molecule has 1 saturated heterocycles. The molecule has 0 radical (unpaired) electrons. The molecule has 0 saturated carbocycles. The lowest BCUT2D eigenvalue weighted by molar-refractivity contribution is 0.117. The summed E-state index contributed by atoms with van der Waals surface area (Å²) in [5.74, 6) is 0. The lowest BCUT2D eigenvalue weighted by atomic mass is 10.2. The molecule has 1 aliphatic heterocycles. The Labute approximate surface area is 107 Å². The second kappa shape index (κ2) is 6.44. The first-order chi connectivity index (χ1) is 8.28. The fourth-order valence-corrected chi connectivity index (χ4v) is 2.88. The van der Waals surface area contributed by atoms with Crippen LogP contribution in [0.4, 0.5) is 0 Å². The maximum Gasteiger partial charge on any atom is 0.0940 e. The van der Waals surface area contributed by atoms with E-state index in [1.807, 2.05) is 6.92 Å². The maximum atomic E-state index is 5.32. The largest absolute Gasteiger partial charge is 0.380 e. The van der Waals surface area contributed by atoms with Crippen molar-refractivity contribution in [1.82, 2.24) is 15.6 Å². The van der Waals surface area contributed by atoms with Gasteiger partial charge in [0.15, 0.2) is 0 Å². The average Bonchev–Trinajstić information content (AvgIpc) is 2.93. The highest BCUT2D eigenvalue weighted by Gasteiger charge is 2.22. The van der Waals surface area contributed by atoms with Crippen molar-refractivity contribution in [2.24, 2.45) is 0 Å². The number of ether oxygens (including phenoxy) is 1. The summed E-state index contributed by atoms with van der Waals surface area (Å²) in [5, 5.41) is 10.3. The Bertz CT molecular complexity index is 342. The quantitative estimate of drug-likeness (QED) is 0.743. The third kappa shape index (κ3) is 4.03. The molecule has 2 rings (SSSR count). The zero-order valence-corrected chi connectivity index (χ0v) is 11.3. The number of rotatable bonds is 6. The Morgan fingerprint density at radius 1 is 1.65 bits per heavy atom. The van der Waals surface area contributed by atoms with E-state index in [1.54, 1.807) is 18.4 Å². The lowest BCUT2D eigenvalue weighted by Crippen LogP contribution is -2.34. The minimum Gasteiger partial charge on any atom is -0.380 e. The van der Waals surface area contributed by atoms with Gasteiger partial charge in [-0.25, -0.2) is 4.98 Å². The van der Waals surface area contributed by atoms with E-state index in [2.05, 4.69) is 21.0 Å². The molecule has 0 bridgehead atoms. The van der Waals surface area contributed by atoms with Gasteiger partial charge in [-0.1, -0.05) is 0 Å². The molecule has 2 N–H and O–H groups in total. The normalized spacial score (nSPS) is 24.4. The topological polar surface area (TPSA) is 46.2 Å². The van der Waals surface area contributed by atoms with E-state index >= 15 is 0 Å². The SMILES string of the molecule is COC1CNC(CNCCc2nc(C)cs2)C1. The molecule has 0 aliphatic carbocycles. The molecular weight excluding hydrogens is 234 g/mol. The number of aryl methyl sites for hydroxylation is 1. The molecule has 4 nitrogen and oxygen atoms in total. The van der Waals surface area contributed by atoms with Gasteiger partial charge in [-0.2, -0.15) is 0 Å². The predicted molar refractivity (Wildman–Crippen MR) is 70.6 cm³/mol. The molecule has 5 heteroatoms. The summed E-state index contributed by atoms with van der Waals surface area (Å²) >= 11 is 1.75. The van der Waals surface area contributed by atoms with Gasteiger partial charge in [0.2, 0.25) is 0 Å². The zero-order chi connectivity index (χ0) is 12.1. The smallest absolute Gasteiger partial charge is 0.0940 e. The molecule has 1 aliphatic rings. The van der Waals surface area contributed by atoms with Crippen molar-refractivity contribution < 1.29 is 4.74 Å². The Morgan fingerprint density at radius 3 is 3.18 bits per heavy atom. The van der Waals surface area contributed by atoms with Crippen LogP contribution in [0.3, 0.4) is 0 Å². The van der Waals surface area contributed by atoms with Crippen LogP contribution in [0.2, 0.25) is 0 Å². The van der Waals surface area contributed by atoms with Crippen molar-refractivity contribution in [2.45, 2.75) is 31.9 Å². The summed E-state index contributed by atoms with van der Waals surface area (Å²) in [6.07, 6.45) is 2.53. The number of nitrogens with zero attached hydrogens (tertiary/aromatic N) is 1. The number of thiazole rings is 1. The fraction of sp³-hybridized carbons (Fsp3) is 0.750. The lowest BCUT2D eigenvalue weighted by Gasteiger charge is -2.11. The van der Waals surface area contributed by atoms with Crippen molar-refractivity contribution in [3.05, 3.63) is 16.1 Å². The van der Waals surface area contributed by atoms with E-state index in [-0.39, 0.29) is 0 Å². The van der Waals surface area contributed by atoms with E-state index in [4.69, 9.17) is 4.74 Å². The molecule has 17 heavy (non-hydrogen) atoms. The molecule has 1 fully saturated rings. The molecule has 1 aromatic heterocycles. The number of methoxy groups -OCH3 is 1. The molecular formula is C12H21N3OS. The molecule has 2 atom stereocenters. The van der Waals surface area contributed by atoms with Gasteiger partial charge >= 0.3 is 0 Å².